The summed E-state index contributed by atoms with van der Waals surface area (Å²) in [6.07, 6.45) is -6.08. The fourth-order valence-electron chi connectivity index (χ4n) is 0.431. The minimum atomic E-state index is -4.56. The standard InChI is InChI=1S/C4H7F3O3S/c1-3(11(8,9)10)2-4(5,6)7/h3H,2H2,1H3,(H,8,9,10). The second-order valence-corrected chi connectivity index (χ2v) is 3.98. The third kappa shape index (κ3) is 5.02. The van der Waals surface area contributed by atoms with Crippen LogP contribution in [0.2, 0.25) is 0 Å². The van der Waals surface area contributed by atoms with E-state index in [0.29, 0.717) is 0 Å². The molecule has 68 valence electrons. The molecule has 0 rings (SSSR count). The van der Waals surface area contributed by atoms with Crippen molar-refractivity contribution in [1.82, 2.24) is 0 Å². The fourth-order valence-corrected chi connectivity index (χ4v) is 0.831. The summed E-state index contributed by atoms with van der Waals surface area (Å²) >= 11 is 0. The lowest BCUT2D eigenvalue weighted by Gasteiger charge is -2.10. The summed E-state index contributed by atoms with van der Waals surface area (Å²) in [4.78, 5) is 0. The Morgan fingerprint density at radius 3 is 1.91 bits per heavy atom. The van der Waals surface area contributed by atoms with Gasteiger partial charge in [0.2, 0.25) is 0 Å². The highest BCUT2D eigenvalue weighted by Gasteiger charge is 2.34. The molecule has 3 nitrogen and oxygen atoms in total. The van der Waals surface area contributed by atoms with E-state index in [1.165, 1.54) is 0 Å². The van der Waals surface area contributed by atoms with Crippen molar-refractivity contribution in [3.63, 3.8) is 0 Å². The van der Waals surface area contributed by atoms with Crippen LogP contribution in [0, 0.1) is 0 Å². The number of hydrogen-bond donors (Lipinski definition) is 1. The summed E-state index contributed by atoms with van der Waals surface area (Å²) in [6.45, 7) is 0.794. The Morgan fingerprint density at radius 1 is 1.45 bits per heavy atom. The van der Waals surface area contributed by atoms with Crippen molar-refractivity contribution < 1.29 is 26.1 Å². The Kier molecular flexibility index (Phi) is 2.90. The first-order chi connectivity index (χ1) is 4.63. The molecule has 7 heteroatoms. The van der Waals surface area contributed by atoms with E-state index in [2.05, 4.69) is 0 Å². The van der Waals surface area contributed by atoms with Crippen molar-refractivity contribution >= 4 is 10.1 Å². The van der Waals surface area contributed by atoms with E-state index in [1.807, 2.05) is 0 Å². The van der Waals surface area contributed by atoms with Gasteiger partial charge in [0.25, 0.3) is 10.1 Å². The SMILES string of the molecule is CC(CC(F)(F)F)S(=O)(=O)O. The molecule has 0 spiro atoms. The van der Waals surface area contributed by atoms with Gasteiger partial charge < -0.3 is 0 Å². The van der Waals surface area contributed by atoms with Crippen LogP contribution >= 0.6 is 0 Å². The maximum absolute atomic E-state index is 11.5. The Hall–Kier alpha value is -0.300. The average Bonchev–Trinajstić information content (AvgIpc) is 1.56. The van der Waals surface area contributed by atoms with Gasteiger partial charge in [-0.2, -0.15) is 21.6 Å². The lowest BCUT2D eigenvalue weighted by Crippen LogP contribution is -2.24. The van der Waals surface area contributed by atoms with E-state index in [1.54, 1.807) is 0 Å². The zero-order valence-corrected chi connectivity index (χ0v) is 6.41. The van der Waals surface area contributed by atoms with E-state index in [9.17, 15) is 21.6 Å². The highest BCUT2D eigenvalue weighted by molar-refractivity contribution is 7.86. The molecule has 0 aliphatic heterocycles. The zero-order valence-electron chi connectivity index (χ0n) is 5.59. The van der Waals surface area contributed by atoms with Gasteiger partial charge in [-0.15, -0.1) is 0 Å². The molecule has 0 aromatic carbocycles. The van der Waals surface area contributed by atoms with Gasteiger partial charge in [0.1, 0.15) is 0 Å². The molecule has 0 aliphatic rings. The quantitative estimate of drug-likeness (QED) is 0.669. The molecule has 0 radical (unpaired) electrons. The third-order valence-electron chi connectivity index (χ3n) is 1.03. The highest BCUT2D eigenvalue weighted by Crippen LogP contribution is 2.23. The van der Waals surface area contributed by atoms with Gasteiger partial charge >= 0.3 is 6.18 Å². The Morgan fingerprint density at radius 2 is 1.82 bits per heavy atom. The topological polar surface area (TPSA) is 54.4 Å². The lowest BCUT2D eigenvalue weighted by molar-refractivity contribution is -0.134. The van der Waals surface area contributed by atoms with Crippen molar-refractivity contribution in [2.75, 3.05) is 0 Å². The molecule has 0 fully saturated rings. The van der Waals surface area contributed by atoms with Gasteiger partial charge in [-0.25, -0.2) is 0 Å². The summed E-state index contributed by atoms with van der Waals surface area (Å²) in [5.41, 5.74) is 0. The first kappa shape index (κ1) is 10.7. The van der Waals surface area contributed by atoms with Crippen LogP contribution in [-0.2, 0) is 10.1 Å². The molecule has 0 aromatic rings. The zero-order chi connectivity index (χ0) is 9.28. The molecule has 11 heavy (non-hydrogen) atoms. The van der Waals surface area contributed by atoms with Crippen LogP contribution in [0.15, 0.2) is 0 Å². The van der Waals surface area contributed by atoms with Crippen molar-refractivity contribution in [1.29, 1.82) is 0 Å². The number of hydrogen-bond acceptors (Lipinski definition) is 2. The Bertz CT molecular complexity index is 217. The molecule has 1 atom stereocenters. The summed E-state index contributed by atoms with van der Waals surface area (Å²) in [5.74, 6) is 0. The summed E-state index contributed by atoms with van der Waals surface area (Å²) in [7, 11) is -4.56. The molecular formula is C4H7F3O3S. The minimum Gasteiger partial charge on any atom is -0.285 e. The van der Waals surface area contributed by atoms with Gasteiger partial charge in [0, 0.05) is 0 Å². The monoisotopic (exact) mass is 192 g/mol. The molecular weight excluding hydrogens is 185 g/mol. The molecule has 0 saturated heterocycles. The van der Waals surface area contributed by atoms with E-state index >= 15 is 0 Å². The predicted octanol–water partition coefficient (Wildman–Crippen LogP) is 1.22. The second kappa shape index (κ2) is 2.98. The van der Waals surface area contributed by atoms with Gasteiger partial charge in [-0.05, 0) is 6.92 Å². The van der Waals surface area contributed by atoms with E-state index in [-0.39, 0.29) is 0 Å². The van der Waals surface area contributed by atoms with Crippen molar-refractivity contribution in [3.05, 3.63) is 0 Å². The smallest absolute Gasteiger partial charge is 0.285 e. The molecule has 0 heterocycles. The van der Waals surface area contributed by atoms with Crippen LogP contribution in [-0.4, -0.2) is 24.4 Å². The van der Waals surface area contributed by atoms with Crippen molar-refractivity contribution in [2.24, 2.45) is 0 Å². The normalized spacial score (nSPS) is 16.5. The number of alkyl halides is 3. The van der Waals surface area contributed by atoms with Crippen molar-refractivity contribution in [3.8, 4) is 0 Å². The first-order valence-electron chi connectivity index (χ1n) is 2.66. The molecule has 1 N–H and O–H groups in total. The van der Waals surface area contributed by atoms with Gasteiger partial charge in [-0.3, -0.25) is 4.55 Å². The molecule has 0 bridgehead atoms. The lowest BCUT2D eigenvalue weighted by atomic mass is 10.3. The van der Waals surface area contributed by atoms with E-state index in [0.717, 1.165) is 6.92 Å². The summed E-state index contributed by atoms with van der Waals surface area (Å²) in [6, 6.07) is 0. The molecule has 0 aliphatic carbocycles. The highest BCUT2D eigenvalue weighted by atomic mass is 32.2. The van der Waals surface area contributed by atoms with Gasteiger partial charge in [0.15, 0.2) is 0 Å². The van der Waals surface area contributed by atoms with Crippen molar-refractivity contribution in [2.45, 2.75) is 24.8 Å². The molecule has 0 amide bonds. The Balaban J connectivity index is 4.22. The summed E-state index contributed by atoms with van der Waals surface area (Å²) < 4.78 is 62.6. The van der Waals surface area contributed by atoms with Gasteiger partial charge in [0.05, 0.1) is 11.7 Å². The Labute approximate surface area is 62.0 Å². The fraction of sp³-hybridized carbons (Fsp3) is 1.00. The van der Waals surface area contributed by atoms with Crippen LogP contribution < -0.4 is 0 Å². The molecule has 0 saturated carbocycles. The average molecular weight is 192 g/mol. The molecule has 1 unspecified atom stereocenters. The second-order valence-electron chi connectivity index (χ2n) is 2.14. The number of rotatable bonds is 2. The minimum absolute atomic E-state index is 0.794. The first-order valence-corrected chi connectivity index (χ1v) is 4.16. The third-order valence-corrected chi connectivity index (χ3v) is 2.21. The maximum atomic E-state index is 11.5. The number of halogens is 3. The predicted molar refractivity (Wildman–Crippen MR) is 31.7 cm³/mol. The van der Waals surface area contributed by atoms with E-state index in [4.69, 9.17) is 4.55 Å². The van der Waals surface area contributed by atoms with Crippen LogP contribution in [0.1, 0.15) is 13.3 Å². The van der Waals surface area contributed by atoms with Crippen LogP contribution in [0.25, 0.3) is 0 Å². The maximum Gasteiger partial charge on any atom is 0.390 e. The van der Waals surface area contributed by atoms with E-state index < -0.39 is 28.0 Å². The van der Waals surface area contributed by atoms with Crippen LogP contribution in [0.4, 0.5) is 13.2 Å². The van der Waals surface area contributed by atoms with Crippen LogP contribution in [0.3, 0.4) is 0 Å². The van der Waals surface area contributed by atoms with Crippen LogP contribution in [0.5, 0.6) is 0 Å². The molecule has 0 aromatic heterocycles. The summed E-state index contributed by atoms with van der Waals surface area (Å²) in [5, 5.41) is -1.79. The largest absolute Gasteiger partial charge is 0.390 e. The van der Waals surface area contributed by atoms with Gasteiger partial charge in [-0.1, -0.05) is 0 Å².